The van der Waals surface area contributed by atoms with Crippen LogP contribution in [0.15, 0.2) is 48.5 Å². The van der Waals surface area contributed by atoms with E-state index in [1.165, 1.54) is 11.1 Å². The van der Waals surface area contributed by atoms with Crippen molar-refractivity contribution < 1.29 is 19.4 Å². The van der Waals surface area contributed by atoms with Crippen molar-refractivity contribution in [3.8, 4) is 5.75 Å². The lowest BCUT2D eigenvalue weighted by Crippen LogP contribution is -2.45. The molecule has 0 aromatic heterocycles. The quantitative estimate of drug-likeness (QED) is 0.784. The molecule has 1 aliphatic rings. The molecule has 3 unspecified atom stereocenters. The Kier molecular flexibility index (Phi) is 5.22. The molecule has 5 nitrogen and oxygen atoms in total. The molecule has 2 aromatic rings. The average Bonchev–Trinajstić information content (AvgIpc) is 3.42. The number of hydrogen-bond donors (Lipinski definition) is 2. The van der Waals surface area contributed by atoms with Crippen LogP contribution in [0.5, 0.6) is 5.75 Å². The molecule has 2 N–H and O–H groups in total. The third kappa shape index (κ3) is 4.13. The molecule has 1 fully saturated rings. The first kappa shape index (κ1) is 19.0. The first-order valence-electron chi connectivity index (χ1n) is 9.08. The van der Waals surface area contributed by atoms with Crippen LogP contribution in [0.3, 0.4) is 0 Å². The molecule has 3 rings (SSSR count). The molecule has 1 aliphatic carbocycles. The normalized spacial score (nSPS) is 20.4. The third-order valence-corrected chi connectivity index (χ3v) is 5.33. The van der Waals surface area contributed by atoms with Gasteiger partial charge in [0.15, 0.2) is 0 Å². The first-order chi connectivity index (χ1) is 12.8. The van der Waals surface area contributed by atoms with Gasteiger partial charge in [-0.15, -0.1) is 0 Å². The predicted octanol–water partition coefficient (Wildman–Crippen LogP) is 3.61. The van der Waals surface area contributed by atoms with E-state index < -0.39 is 11.5 Å². The van der Waals surface area contributed by atoms with E-state index in [0.717, 1.165) is 6.42 Å². The van der Waals surface area contributed by atoms with Crippen molar-refractivity contribution in [3.63, 3.8) is 0 Å². The maximum Gasteiger partial charge on any atom is 0.306 e. The first-order valence-corrected chi connectivity index (χ1v) is 9.08. The minimum atomic E-state index is -1.00. The van der Waals surface area contributed by atoms with Crippen molar-refractivity contribution in [1.29, 1.82) is 0 Å². The van der Waals surface area contributed by atoms with Gasteiger partial charge in [-0.1, -0.05) is 36.4 Å². The van der Waals surface area contributed by atoms with Gasteiger partial charge in [-0.3, -0.25) is 9.59 Å². The standard InChI is InChI=1S/C22H25NO4/c1-14-7-4-5-10-17(14)18-12-19(18)21(26)23-22(2,13-20(24)25)15-8-6-9-16(11-15)27-3/h4-11,18-19H,12-13H2,1-3H3,(H,23,26)(H,24,25). The van der Waals surface area contributed by atoms with E-state index >= 15 is 0 Å². The monoisotopic (exact) mass is 367 g/mol. The second-order valence-electron chi connectivity index (χ2n) is 7.43. The van der Waals surface area contributed by atoms with Crippen molar-refractivity contribution in [2.75, 3.05) is 7.11 Å². The Balaban J connectivity index is 1.80. The van der Waals surface area contributed by atoms with Crippen LogP contribution < -0.4 is 10.1 Å². The summed E-state index contributed by atoms with van der Waals surface area (Å²) >= 11 is 0. The highest BCUT2D eigenvalue weighted by atomic mass is 16.5. The van der Waals surface area contributed by atoms with E-state index in [1.807, 2.05) is 31.2 Å². The molecule has 3 atom stereocenters. The van der Waals surface area contributed by atoms with Crippen LogP contribution >= 0.6 is 0 Å². The summed E-state index contributed by atoms with van der Waals surface area (Å²) in [5, 5.41) is 12.4. The highest BCUT2D eigenvalue weighted by Gasteiger charge is 2.46. The van der Waals surface area contributed by atoms with Crippen molar-refractivity contribution in [2.45, 2.75) is 38.1 Å². The van der Waals surface area contributed by atoms with E-state index in [0.29, 0.717) is 11.3 Å². The zero-order valence-corrected chi connectivity index (χ0v) is 15.9. The van der Waals surface area contributed by atoms with E-state index in [1.54, 1.807) is 32.2 Å². The molecule has 1 saturated carbocycles. The summed E-state index contributed by atoms with van der Waals surface area (Å²) in [4.78, 5) is 24.3. The molecule has 0 heterocycles. The molecule has 2 aromatic carbocycles. The van der Waals surface area contributed by atoms with Gasteiger partial charge in [0.25, 0.3) is 0 Å². The van der Waals surface area contributed by atoms with Gasteiger partial charge in [-0.25, -0.2) is 0 Å². The number of carboxylic acid groups (broad SMARTS) is 1. The van der Waals surface area contributed by atoms with Crippen LogP contribution in [0.2, 0.25) is 0 Å². The lowest BCUT2D eigenvalue weighted by Gasteiger charge is -2.30. The molecule has 27 heavy (non-hydrogen) atoms. The number of aryl methyl sites for hydroxylation is 1. The van der Waals surface area contributed by atoms with Crippen LogP contribution in [-0.4, -0.2) is 24.1 Å². The second kappa shape index (κ2) is 7.43. The van der Waals surface area contributed by atoms with E-state index in [9.17, 15) is 14.7 Å². The topological polar surface area (TPSA) is 75.6 Å². The number of ether oxygens (including phenoxy) is 1. The van der Waals surface area contributed by atoms with Crippen molar-refractivity contribution in [1.82, 2.24) is 5.32 Å². The fourth-order valence-corrected chi connectivity index (χ4v) is 3.68. The lowest BCUT2D eigenvalue weighted by atomic mass is 9.88. The second-order valence-corrected chi connectivity index (χ2v) is 7.43. The lowest BCUT2D eigenvalue weighted by molar-refractivity contribution is -0.139. The molecule has 0 aliphatic heterocycles. The Morgan fingerprint density at radius 3 is 2.63 bits per heavy atom. The Labute approximate surface area is 159 Å². The molecule has 0 radical (unpaired) electrons. The summed E-state index contributed by atoms with van der Waals surface area (Å²) in [6, 6.07) is 15.3. The molecule has 0 bridgehead atoms. The largest absolute Gasteiger partial charge is 0.497 e. The summed E-state index contributed by atoms with van der Waals surface area (Å²) in [7, 11) is 1.56. The Morgan fingerprint density at radius 1 is 1.22 bits per heavy atom. The minimum Gasteiger partial charge on any atom is -0.497 e. The summed E-state index contributed by atoms with van der Waals surface area (Å²) in [6.07, 6.45) is 0.589. The van der Waals surface area contributed by atoms with Gasteiger partial charge in [0.05, 0.1) is 19.1 Å². The van der Waals surface area contributed by atoms with Crippen LogP contribution in [0.25, 0.3) is 0 Å². The fourth-order valence-electron chi connectivity index (χ4n) is 3.68. The van der Waals surface area contributed by atoms with E-state index in [-0.39, 0.29) is 24.2 Å². The molecular formula is C22H25NO4. The third-order valence-electron chi connectivity index (χ3n) is 5.33. The summed E-state index contributed by atoms with van der Waals surface area (Å²) in [5.41, 5.74) is 2.08. The van der Waals surface area contributed by atoms with Gasteiger partial charge in [-0.05, 0) is 55.0 Å². The van der Waals surface area contributed by atoms with Gasteiger partial charge < -0.3 is 15.2 Å². The molecule has 0 saturated heterocycles. The number of methoxy groups -OCH3 is 1. The maximum atomic E-state index is 12.9. The molecular weight excluding hydrogens is 342 g/mol. The molecule has 1 amide bonds. The van der Waals surface area contributed by atoms with Gasteiger partial charge in [-0.2, -0.15) is 0 Å². The predicted molar refractivity (Wildman–Crippen MR) is 103 cm³/mol. The van der Waals surface area contributed by atoms with Crippen LogP contribution in [0.4, 0.5) is 0 Å². The maximum absolute atomic E-state index is 12.9. The number of amides is 1. The van der Waals surface area contributed by atoms with Gasteiger partial charge >= 0.3 is 5.97 Å². The van der Waals surface area contributed by atoms with Crippen molar-refractivity contribution >= 4 is 11.9 Å². The number of carbonyl (C=O) groups is 2. The summed E-state index contributed by atoms with van der Waals surface area (Å²) in [6.45, 7) is 3.80. The number of carbonyl (C=O) groups excluding carboxylic acids is 1. The summed E-state index contributed by atoms with van der Waals surface area (Å²) < 4.78 is 5.25. The van der Waals surface area contributed by atoms with E-state index in [4.69, 9.17) is 4.74 Å². The Bertz CT molecular complexity index is 863. The van der Waals surface area contributed by atoms with Gasteiger partial charge in [0, 0.05) is 5.92 Å². The van der Waals surface area contributed by atoms with Crippen molar-refractivity contribution in [2.24, 2.45) is 5.92 Å². The Hall–Kier alpha value is -2.82. The number of hydrogen-bond acceptors (Lipinski definition) is 3. The molecule has 5 heteroatoms. The van der Waals surface area contributed by atoms with E-state index in [2.05, 4.69) is 11.4 Å². The zero-order chi connectivity index (χ0) is 19.6. The highest BCUT2D eigenvalue weighted by Crippen LogP contribution is 2.49. The smallest absolute Gasteiger partial charge is 0.306 e. The van der Waals surface area contributed by atoms with Crippen LogP contribution in [-0.2, 0) is 15.1 Å². The zero-order valence-electron chi connectivity index (χ0n) is 15.9. The van der Waals surface area contributed by atoms with Crippen molar-refractivity contribution in [3.05, 3.63) is 65.2 Å². The Morgan fingerprint density at radius 2 is 1.96 bits per heavy atom. The minimum absolute atomic E-state index is 0.102. The van der Waals surface area contributed by atoms with Crippen LogP contribution in [0.1, 0.15) is 42.4 Å². The van der Waals surface area contributed by atoms with Crippen LogP contribution in [0, 0.1) is 12.8 Å². The molecule has 142 valence electrons. The number of carboxylic acids is 1. The number of aliphatic carboxylic acids is 1. The fraction of sp³-hybridized carbons (Fsp3) is 0.364. The highest BCUT2D eigenvalue weighted by molar-refractivity contribution is 5.84. The van der Waals surface area contributed by atoms with Gasteiger partial charge in [0.1, 0.15) is 5.75 Å². The SMILES string of the molecule is COc1cccc(C(C)(CC(=O)O)NC(=O)C2CC2c2ccccc2C)c1. The number of rotatable bonds is 7. The summed E-state index contributed by atoms with van der Waals surface area (Å²) in [5.74, 6) is -0.361. The van der Waals surface area contributed by atoms with Gasteiger partial charge in [0.2, 0.25) is 5.91 Å². The number of benzene rings is 2. The average molecular weight is 367 g/mol. The molecule has 0 spiro atoms. The number of nitrogens with one attached hydrogen (secondary N) is 1.